The fraction of sp³-hybridized carbons (Fsp3) is 0.406. The molecule has 0 atom stereocenters. The number of hydrogen-bond donors (Lipinski definition) is 1. The molecule has 0 saturated carbocycles. The number of aromatic carboxylic acids is 1. The lowest BCUT2D eigenvalue weighted by atomic mass is 9.65. The molecular weight excluding hydrogens is 623 g/mol. The summed E-state index contributed by atoms with van der Waals surface area (Å²) in [5, 5.41) is 9.15. The van der Waals surface area contributed by atoms with E-state index in [4.69, 9.17) is 19.3 Å². The minimum absolute atomic E-state index is 0.0135. The van der Waals surface area contributed by atoms with Gasteiger partial charge < -0.3 is 19.3 Å². The van der Waals surface area contributed by atoms with Crippen molar-refractivity contribution in [3.05, 3.63) is 79.3 Å². The molecule has 0 bridgehead atoms. The first-order chi connectivity index (χ1) is 18.8. The normalized spacial score (nSPS) is 20.1. The van der Waals surface area contributed by atoms with Crippen molar-refractivity contribution >= 4 is 40.1 Å². The summed E-state index contributed by atoms with van der Waals surface area (Å²) in [5.74, 6) is 0.905. The maximum Gasteiger partial charge on any atom is 0.335 e. The average molecular weight is 657 g/mol. The third-order valence-corrected chi connectivity index (χ3v) is 8.55. The first-order valence-corrected chi connectivity index (χ1v) is 14.4. The Balaban J connectivity index is 1.55. The molecule has 1 aliphatic heterocycles. The van der Waals surface area contributed by atoms with Crippen LogP contribution in [-0.2, 0) is 20.9 Å². The molecule has 0 amide bonds. The summed E-state index contributed by atoms with van der Waals surface area (Å²) in [6.07, 6.45) is 2.05. The number of carbonyl (C=O) groups excluding carboxylic acids is 2. The summed E-state index contributed by atoms with van der Waals surface area (Å²) in [7, 11) is 1.56. The molecule has 0 fully saturated rings. The molecular formula is C32H33IO7. The van der Waals surface area contributed by atoms with Gasteiger partial charge in [-0.25, -0.2) is 4.79 Å². The molecule has 40 heavy (non-hydrogen) atoms. The highest BCUT2D eigenvalue weighted by molar-refractivity contribution is 14.1. The molecule has 1 N–H and O–H groups in total. The second-order valence-corrected chi connectivity index (χ2v) is 13.6. The number of carboxylic acid groups (broad SMARTS) is 1. The van der Waals surface area contributed by atoms with E-state index in [1.165, 1.54) is 0 Å². The number of rotatable bonds is 6. The molecule has 3 aliphatic rings. The Bertz CT molecular complexity index is 1430. The van der Waals surface area contributed by atoms with Crippen molar-refractivity contribution in [2.75, 3.05) is 7.11 Å². The minimum Gasteiger partial charge on any atom is -0.493 e. The van der Waals surface area contributed by atoms with E-state index in [9.17, 15) is 14.4 Å². The van der Waals surface area contributed by atoms with Crippen LogP contribution in [-0.4, -0.2) is 29.8 Å². The number of benzene rings is 2. The fourth-order valence-electron chi connectivity index (χ4n) is 5.95. The first-order valence-electron chi connectivity index (χ1n) is 13.3. The van der Waals surface area contributed by atoms with Gasteiger partial charge in [-0.15, -0.1) is 0 Å². The van der Waals surface area contributed by atoms with Crippen molar-refractivity contribution in [2.45, 2.75) is 65.9 Å². The topological polar surface area (TPSA) is 99.1 Å². The SMILES string of the molecule is COc1cc(C2C3=C(CC(C)(C)CC3=O)OC3=C2C(=O)CC(C)(C)C3)cc(I)c1OCc1ccc(C(=O)O)cc1. The van der Waals surface area contributed by atoms with Gasteiger partial charge in [-0.05, 0) is 68.8 Å². The highest BCUT2D eigenvalue weighted by Gasteiger charge is 2.48. The van der Waals surface area contributed by atoms with Crippen LogP contribution in [0.4, 0.5) is 0 Å². The van der Waals surface area contributed by atoms with Gasteiger partial charge in [-0.1, -0.05) is 39.8 Å². The van der Waals surface area contributed by atoms with Crippen molar-refractivity contribution in [1.82, 2.24) is 0 Å². The van der Waals surface area contributed by atoms with Crippen molar-refractivity contribution in [3.63, 3.8) is 0 Å². The number of allylic oxidation sites excluding steroid dienone is 4. The Kier molecular flexibility index (Phi) is 7.35. The summed E-state index contributed by atoms with van der Waals surface area (Å²) in [6, 6.07) is 10.3. The number of carboxylic acids is 1. The van der Waals surface area contributed by atoms with Gasteiger partial charge >= 0.3 is 5.97 Å². The van der Waals surface area contributed by atoms with Gasteiger partial charge in [0, 0.05) is 42.7 Å². The van der Waals surface area contributed by atoms with E-state index in [0.717, 1.165) is 14.7 Å². The lowest BCUT2D eigenvalue weighted by Gasteiger charge is -2.42. The minimum atomic E-state index is -0.982. The van der Waals surface area contributed by atoms with Crippen molar-refractivity contribution < 1.29 is 33.7 Å². The Hall–Kier alpha value is -3.14. The highest BCUT2D eigenvalue weighted by atomic mass is 127. The zero-order valence-corrected chi connectivity index (χ0v) is 25.5. The smallest absolute Gasteiger partial charge is 0.335 e. The maximum absolute atomic E-state index is 13.6. The molecule has 5 rings (SSSR count). The van der Waals surface area contributed by atoms with Gasteiger partial charge in [0.2, 0.25) is 0 Å². The zero-order chi connectivity index (χ0) is 29.0. The number of halogens is 1. The third kappa shape index (κ3) is 5.42. The number of Topliss-reactive ketones (excluding diaryl/α,β-unsaturated/α-hetero) is 2. The van der Waals surface area contributed by atoms with E-state index < -0.39 is 11.9 Å². The Labute approximate surface area is 247 Å². The summed E-state index contributed by atoms with van der Waals surface area (Å²) in [6.45, 7) is 8.50. The summed E-state index contributed by atoms with van der Waals surface area (Å²) < 4.78 is 19.1. The average Bonchev–Trinajstić information content (AvgIpc) is 2.85. The largest absolute Gasteiger partial charge is 0.493 e. The molecule has 0 saturated heterocycles. The second-order valence-electron chi connectivity index (χ2n) is 12.4. The predicted molar refractivity (Wildman–Crippen MR) is 157 cm³/mol. The highest BCUT2D eigenvalue weighted by Crippen LogP contribution is 2.54. The number of ketones is 2. The summed E-state index contributed by atoms with van der Waals surface area (Å²) >= 11 is 2.19. The Morgan fingerprint density at radius 2 is 1.50 bits per heavy atom. The maximum atomic E-state index is 13.6. The standard InChI is InChI=1S/C32H33IO7/c1-31(2)12-21(34)27-24(14-31)40-25-15-32(3,4)13-22(35)28(25)26(27)19-10-20(33)29(23(11-19)38-5)39-16-17-6-8-18(9-7-17)30(36)37/h6-11,26H,12-16H2,1-5H3,(H,36,37). The zero-order valence-electron chi connectivity index (χ0n) is 23.4. The molecule has 0 unspecified atom stereocenters. The van der Waals surface area contributed by atoms with Crippen molar-refractivity contribution in [2.24, 2.45) is 10.8 Å². The van der Waals surface area contributed by atoms with E-state index in [1.807, 2.05) is 12.1 Å². The van der Waals surface area contributed by atoms with E-state index in [1.54, 1.807) is 31.4 Å². The van der Waals surface area contributed by atoms with Crippen LogP contribution in [0.15, 0.2) is 59.1 Å². The lowest BCUT2D eigenvalue weighted by Crippen LogP contribution is -2.37. The number of methoxy groups -OCH3 is 1. The molecule has 2 aromatic rings. The predicted octanol–water partition coefficient (Wildman–Crippen LogP) is 6.98. The molecule has 2 aromatic carbocycles. The lowest BCUT2D eigenvalue weighted by molar-refractivity contribution is -0.120. The Morgan fingerprint density at radius 3 is 2.00 bits per heavy atom. The Morgan fingerprint density at radius 1 is 0.950 bits per heavy atom. The monoisotopic (exact) mass is 656 g/mol. The summed E-state index contributed by atoms with van der Waals surface area (Å²) in [4.78, 5) is 38.4. The molecule has 0 spiro atoms. The van der Waals surface area contributed by atoms with Crippen LogP contribution >= 0.6 is 22.6 Å². The molecule has 0 aromatic heterocycles. The molecule has 210 valence electrons. The van der Waals surface area contributed by atoms with Crippen LogP contribution in [0.1, 0.15) is 80.8 Å². The molecule has 1 heterocycles. The van der Waals surface area contributed by atoms with E-state index in [2.05, 4.69) is 50.3 Å². The second kappa shape index (κ2) is 10.4. The van der Waals surface area contributed by atoms with Crippen molar-refractivity contribution in [1.29, 1.82) is 0 Å². The van der Waals surface area contributed by atoms with E-state index >= 15 is 0 Å². The molecule has 0 radical (unpaired) electrons. The van der Waals surface area contributed by atoms with Crippen molar-refractivity contribution in [3.8, 4) is 11.5 Å². The van der Waals surface area contributed by atoms with Crippen LogP contribution in [0.5, 0.6) is 11.5 Å². The van der Waals surface area contributed by atoms with Gasteiger partial charge in [0.25, 0.3) is 0 Å². The van der Waals surface area contributed by atoms with Crippen LogP contribution in [0.25, 0.3) is 0 Å². The van der Waals surface area contributed by atoms with Gasteiger partial charge in [-0.3, -0.25) is 9.59 Å². The van der Waals surface area contributed by atoms with Gasteiger partial charge in [-0.2, -0.15) is 0 Å². The quantitative estimate of drug-likeness (QED) is 0.335. The first kappa shape index (κ1) is 28.4. The van der Waals surface area contributed by atoms with Crippen LogP contribution < -0.4 is 9.47 Å². The number of carbonyl (C=O) groups is 3. The van der Waals surface area contributed by atoms with E-state index in [0.29, 0.717) is 59.8 Å². The van der Waals surface area contributed by atoms with Crippen LogP contribution in [0.2, 0.25) is 0 Å². The molecule has 8 heteroatoms. The van der Waals surface area contributed by atoms with Gasteiger partial charge in [0.1, 0.15) is 18.1 Å². The molecule has 2 aliphatic carbocycles. The number of hydrogen-bond acceptors (Lipinski definition) is 6. The summed E-state index contributed by atoms with van der Waals surface area (Å²) in [5.41, 5.74) is 2.53. The van der Waals surface area contributed by atoms with E-state index in [-0.39, 0.29) is 34.6 Å². The van der Waals surface area contributed by atoms with Gasteiger partial charge in [0.05, 0.1) is 16.2 Å². The van der Waals surface area contributed by atoms with Crippen LogP contribution in [0.3, 0.4) is 0 Å². The molecule has 7 nitrogen and oxygen atoms in total. The fourth-order valence-corrected chi connectivity index (χ4v) is 6.73. The van der Waals surface area contributed by atoms with Crippen LogP contribution in [0, 0.1) is 14.4 Å². The number of ether oxygens (including phenoxy) is 3. The third-order valence-electron chi connectivity index (χ3n) is 7.75. The van der Waals surface area contributed by atoms with Gasteiger partial charge in [0.15, 0.2) is 23.1 Å².